The Morgan fingerprint density at radius 1 is 1.39 bits per heavy atom. The maximum atomic E-state index is 12.0. The van der Waals surface area contributed by atoms with Gasteiger partial charge in [0.15, 0.2) is 11.5 Å². The van der Waals surface area contributed by atoms with Gasteiger partial charge in [0.05, 0.1) is 0 Å². The van der Waals surface area contributed by atoms with Crippen LogP contribution in [-0.2, 0) is 0 Å². The molecule has 1 aromatic carbocycles. The fourth-order valence-electron chi connectivity index (χ4n) is 2.11. The highest BCUT2D eigenvalue weighted by Gasteiger charge is 2.46. The number of rotatable bonds is 2. The molecular formula is C13H18N2O3. The molecule has 1 fully saturated rings. The highest BCUT2D eigenvalue weighted by Crippen LogP contribution is 2.39. The lowest BCUT2D eigenvalue weighted by molar-refractivity contribution is 0.0586. The van der Waals surface area contributed by atoms with Crippen LogP contribution in [-0.4, -0.2) is 28.2 Å². The van der Waals surface area contributed by atoms with E-state index >= 15 is 0 Å². The summed E-state index contributed by atoms with van der Waals surface area (Å²) in [7, 11) is 0. The first-order valence-corrected chi connectivity index (χ1v) is 5.91. The van der Waals surface area contributed by atoms with E-state index in [-0.39, 0.29) is 34.9 Å². The number of carbonyl (C=O) groups excluding carboxylic acids is 1. The smallest absolute Gasteiger partial charge is 0.251 e. The number of hydrogen-bond acceptors (Lipinski definition) is 4. The average molecular weight is 250 g/mol. The fraction of sp³-hybridized carbons (Fsp3) is 0.462. The number of phenols is 2. The second-order valence-electron chi connectivity index (χ2n) is 5.39. The minimum Gasteiger partial charge on any atom is -0.504 e. The molecule has 1 saturated carbocycles. The molecule has 0 heterocycles. The molecule has 98 valence electrons. The van der Waals surface area contributed by atoms with Crippen molar-refractivity contribution >= 4 is 5.91 Å². The Bertz CT molecular complexity index is 485. The molecule has 18 heavy (non-hydrogen) atoms. The molecular weight excluding hydrogens is 232 g/mol. The first kappa shape index (κ1) is 12.7. The van der Waals surface area contributed by atoms with Gasteiger partial charge in [-0.05, 0) is 24.6 Å². The molecule has 1 amide bonds. The first-order chi connectivity index (χ1) is 8.32. The number of hydrogen-bond donors (Lipinski definition) is 4. The SMILES string of the molecule is CC1(C)C(N)CC1NC(=O)c1ccc(O)c(O)c1. The van der Waals surface area contributed by atoms with Crippen molar-refractivity contribution in [2.24, 2.45) is 11.1 Å². The molecule has 0 aromatic heterocycles. The van der Waals surface area contributed by atoms with Gasteiger partial charge in [-0.2, -0.15) is 0 Å². The molecule has 0 aliphatic heterocycles. The van der Waals surface area contributed by atoms with Gasteiger partial charge in [0, 0.05) is 23.1 Å². The van der Waals surface area contributed by atoms with Gasteiger partial charge in [-0.15, -0.1) is 0 Å². The van der Waals surface area contributed by atoms with Crippen LogP contribution >= 0.6 is 0 Å². The van der Waals surface area contributed by atoms with Crippen LogP contribution in [0.5, 0.6) is 11.5 Å². The second-order valence-corrected chi connectivity index (χ2v) is 5.39. The number of aromatic hydroxyl groups is 2. The zero-order valence-electron chi connectivity index (χ0n) is 10.5. The summed E-state index contributed by atoms with van der Waals surface area (Å²) in [6.07, 6.45) is 0.753. The van der Waals surface area contributed by atoms with Gasteiger partial charge in [0.1, 0.15) is 0 Å². The van der Waals surface area contributed by atoms with E-state index in [0.29, 0.717) is 5.56 Å². The highest BCUT2D eigenvalue weighted by atomic mass is 16.3. The van der Waals surface area contributed by atoms with Crippen molar-refractivity contribution in [2.75, 3.05) is 0 Å². The maximum absolute atomic E-state index is 12.0. The molecule has 1 aromatic rings. The van der Waals surface area contributed by atoms with Crippen LogP contribution in [0.15, 0.2) is 18.2 Å². The molecule has 2 unspecified atom stereocenters. The summed E-state index contributed by atoms with van der Waals surface area (Å²) in [5.74, 6) is -0.806. The Kier molecular flexibility index (Phi) is 2.94. The predicted molar refractivity (Wildman–Crippen MR) is 67.4 cm³/mol. The number of amides is 1. The predicted octanol–water partition coefficient (Wildman–Crippen LogP) is 0.953. The standard InChI is InChI=1S/C13H18N2O3/c1-13(2)10(14)6-11(13)15-12(18)7-3-4-8(16)9(17)5-7/h3-5,10-11,16-17H,6,14H2,1-2H3,(H,15,18). The Morgan fingerprint density at radius 3 is 2.56 bits per heavy atom. The summed E-state index contributed by atoms with van der Waals surface area (Å²) in [4.78, 5) is 12.0. The second kappa shape index (κ2) is 4.17. The Balaban J connectivity index is 2.07. The van der Waals surface area contributed by atoms with Crippen molar-refractivity contribution in [1.29, 1.82) is 0 Å². The van der Waals surface area contributed by atoms with Crippen LogP contribution in [0, 0.1) is 5.41 Å². The van der Waals surface area contributed by atoms with Gasteiger partial charge in [0.25, 0.3) is 5.91 Å². The summed E-state index contributed by atoms with van der Waals surface area (Å²) < 4.78 is 0. The number of benzene rings is 1. The third-order valence-electron chi connectivity index (χ3n) is 3.89. The largest absolute Gasteiger partial charge is 0.504 e. The summed E-state index contributed by atoms with van der Waals surface area (Å²) >= 11 is 0. The Morgan fingerprint density at radius 2 is 2.06 bits per heavy atom. The Labute approximate surface area is 106 Å². The van der Waals surface area contributed by atoms with Crippen LogP contribution in [0.1, 0.15) is 30.6 Å². The summed E-state index contributed by atoms with van der Waals surface area (Å²) in [5.41, 5.74) is 6.09. The summed E-state index contributed by atoms with van der Waals surface area (Å²) in [5, 5.41) is 21.4. The lowest BCUT2D eigenvalue weighted by atomic mass is 9.63. The molecule has 5 heteroatoms. The molecule has 0 saturated heterocycles. The molecule has 2 rings (SSSR count). The fourth-order valence-corrected chi connectivity index (χ4v) is 2.11. The van der Waals surface area contributed by atoms with Crippen LogP contribution in [0.25, 0.3) is 0 Å². The number of phenolic OH excluding ortho intramolecular Hbond substituents is 2. The monoisotopic (exact) mass is 250 g/mol. The van der Waals surface area contributed by atoms with Gasteiger partial charge < -0.3 is 21.3 Å². The van der Waals surface area contributed by atoms with E-state index in [2.05, 4.69) is 5.32 Å². The minimum absolute atomic E-state index is 0.0379. The van der Waals surface area contributed by atoms with Gasteiger partial charge in [0.2, 0.25) is 0 Å². The molecule has 1 aliphatic carbocycles. The summed E-state index contributed by atoms with van der Waals surface area (Å²) in [6.45, 7) is 4.03. The van der Waals surface area contributed by atoms with Crippen LogP contribution in [0.2, 0.25) is 0 Å². The minimum atomic E-state index is -0.299. The van der Waals surface area contributed by atoms with E-state index in [1.807, 2.05) is 13.8 Å². The maximum Gasteiger partial charge on any atom is 0.251 e. The third-order valence-corrected chi connectivity index (χ3v) is 3.89. The normalized spacial score (nSPS) is 25.3. The zero-order valence-corrected chi connectivity index (χ0v) is 10.5. The molecule has 0 bridgehead atoms. The van der Waals surface area contributed by atoms with E-state index in [1.165, 1.54) is 18.2 Å². The lowest BCUT2D eigenvalue weighted by Crippen LogP contribution is -2.64. The van der Waals surface area contributed by atoms with Crippen molar-refractivity contribution in [3.8, 4) is 11.5 Å². The van der Waals surface area contributed by atoms with Crippen molar-refractivity contribution in [2.45, 2.75) is 32.4 Å². The van der Waals surface area contributed by atoms with Gasteiger partial charge >= 0.3 is 0 Å². The van der Waals surface area contributed by atoms with Crippen molar-refractivity contribution in [3.63, 3.8) is 0 Å². The van der Waals surface area contributed by atoms with Gasteiger partial charge in [-0.3, -0.25) is 4.79 Å². The summed E-state index contributed by atoms with van der Waals surface area (Å²) in [6, 6.07) is 4.14. The molecule has 1 aliphatic rings. The van der Waals surface area contributed by atoms with Gasteiger partial charge in [-0.1, -0.05) is 13.8 Å². The number of carbonyl (C=O) groups is 1. The lowest BCUT2D eigenvalue weighted by Gasteiger charge is -2.50. The molecule has 5 N–H and O–H groups in total. The zero-order chi connectivity index (χ0) is 13.5. The average Bonchev–Trinajstić information content (AvgIpc) is 2.32. The van der Waals surface area contributed by atoms with Crippen LogP contribution in [0.3, 0.4) is 0 Å². The van der Waals surface area contributed by atoms with E-state index in [4.69, 9.17) is 5.73 Å². The van der Waals surface area contributed by atoms with E-state index < -0.39 is 0 Å². The first-order valence-electron chi connectivity index (χ1n) is 5.91. The number of nitrogens with two attached hydrogens (primary N) is 1. The van der Waals surface area contributed by atoms with E-state index in [1.54, 1.807) is 0 Å². The van der Waals surface area contributed by atoms with Crippen LogP contribution in [0.4, 0.5) is 0 Å². The van der Waals surface area contributed by atoms with Crippen molar-refractivity contribution in [1.82, 2.24) is 5.32 Å². The van der Waals surface area contributed by atoms with Crippen LogP contribution < -0.4 is 11.1 Å². The molecule has 2 atom stereocenters. The van der Waals surface area contributed by atoms with E-state index in [0.717, 1.165) is 6.42 Å². The van der Waals surface area contributed by atoms with Gasteiger partial charge in [-0.25, -0.2) is 0 Å². The molecule has 0 spiro atoms. The van der Waals surface area contributed by atoms with E-state index in [9.17, 15) is 15.0 Å². The number of nitrogens with one attached hydrogen (secondary N) is 1. The van der Waals surface area contributed by atoms with Crippen molar-refractivity contribution < 1.29 is 15.0 Å². The van der Waals surface area contributed by atoms with Crippen molar-refractivity contribution in [3.05, 3.63) is 23.8 Å². The third kappa shape index (κ3) is 2.01. The Hall–Kier alpha value is -1.75. The highest BCUT2D eigenvalue weighted by molar-refractivity contribution is 5.95. The molecule has 0 radical (unpaired) electrons. The molecule has 5 nitrogen and oxygen atoms in total. The topological polar surface area (TPSA) is 95.6 Å². The quantitative estimate of drug-likeness (QED) is 0.588.